The van der Waals surface area contributed by atoms with E-state index in [0.29, 0.717) is 21.4 Å². The number of ether oxygens (including phenoxy) is 1. The van der Waals surface area contributed by atoms with Crippen LogP contribution in [0.1, 0.15) is 52.4 Å². The summed E-state index contributed by atoms with van der Waals surface area (Å²) in [5, 5.41) is 13.8. The molecule has 0 saturated heterocycles. The molecule has 1 aliphatic carbocycles. The summed E-state index contributed by atoms with van der Waals surface area (Å²) >= 11 is 2.74. The summed E-state index contributed by atoms with van der Waals surface area (Å²) in [6.07, 6.45) is 3.41. The first-order valence-electron chi connectivity index (χ1n) is 8.62. The summed E-state index contributed by atoms with van der Waals surface area (Å²) < 4.78 is 5.33. The third-order valence-electron chi connectivity index (χ3n) is 4.64. The van der Waals surface area contributed by atoms with Crippen LogP contribution in [0.15, 0.2) is 17.5 Å². The zero-order valence-electron chi connectivity index (χ0n) is 14.7. The van der Waals surface area contributed by atoms with Gasteiger partial charge >= 0.3 is 5.97 Å². The Morgan fingerprint density at radius 2 is 2.31 bits per heavy atom. The minimum Gasteiger partial charge on any atom is -0.448 e. The Kier molecular flexibility index (Phi) is 5.74. The summed E-state index contributed by atoms with van der Waals surface area (Å²) in [6.45, 7) is 3.73. The molecule has 0 spiro atoms. The number of esters is 1. The van der Waals surface area contributed by atoms with E-state index in [1.165, 1.54) is 46.5 Å². The topological polar surface area (TPSA) is 79.2 Å². The third kappa shape index (κ3) is 3.97. The molecule has 2 atom stereocenters. The van der Waals surface area contributed by atoms with Crippen molar-refractivity contribution in [1.29, 1.82) is 5.26 Å². The SMILES string of the molecule is CC[C@H]1CCc2sc(C(=O)O[C@H](C)C(=O)Nc3sccc3C#N)cc2C1. The minimum absolute atomic E-state index is 0.401. The number of hydrogen-bond donors (Lipinski definition) is 1. The molecule has 0 fully saturated rings. The van der Waals surface area contributed by atoms with Crippen molar-refractivity contribution in [2.24, 2.45) is 5.92 Å². The molecule has 2 aromatic rings. The first-order valence-corrected chi connectivity index (χ1v) is 10.3. The standard InChI is InChI=1S/C19H20N2O3S2/c1-3-12-4-5-15-14(8-12)9-16(26-15)19(23)24-11(2)17(22)21-18-13(10-20)6-7-25-18/h6-7,9,11-12H,3-5,8H2,1-2H3,(H,21,22)/t11-,12+/m1/s1. The van der Waals surface area contributed by atoms with Gasteiger partial charge in [0.15, 0.2) is 6.10 Å². The fraction of sp³-hybridized carbons (Fsp3) is 0.421. The second-order valence-corrected chi connectivity index (χ2v) is 8.44. The molecule has 2 heterocycles. The van der Waals surface area contributed by atoms with Crippen LogP contribution in [-0.4, -0.2) is 18.0 Å². The number of anilines is 1. The lowest BCUT2D eigenvalue weighted by Crippen LogP contribution is -2.29. The number of carbonyl (C=O) groups is 2. The number of nitriles is 1. The highest BCUT2D eigenvalue weighted by Gasteiger charge is 2.25. The Morgan fingerprint density at radius 3 is 3.04 bits per heavy atom. The second-order valence-electron chi connectivity index (χ2n) is 6.39. The zero-order chi connectivity index (χ0) is 18.7. The molecule has 2 aromatic heterocycles. The van der Waals surface area contributed by atoms with Crippen LogP contribution in [0, 0.1) is 17.2 Å². The maximum Gasteiger partial charge on any atom is 0.349 e. The lowest BCUT2D eigenvalue weighted by atomic mass is 9.87. The average molecular weight is 389 g/mol. The highest BCUT2D eigenvalue weighted by molar-refractivity contribution is 7.14. The monoisotopic (exact) mass is 388 g/mol. The predicted octanol–water partition coefficient (Wildman–Crippen LogP) is 4.38. The minimum atomic E-state index is -0.932. The molecule has 136 valence electrons. The Labute approximate surface area is 160 Å². The van der Waals surface area contributed by atoms with Crippen molar-refractivity contribution in [1.82, 2.24) is 0 Å². The fourth-order valence-electron chi connectivity index (χ4n) is 3.03. The zero-order valence-corrected chi connectivity index (χ0v) is 16.3. The van der Waals surface area contributed by atoms with Gasteiger partial charge in [0.05, 0.1) is 5.56 Å². The van der Waals surface area contributed by atoms with Gasteiger partial charge < -0.3 is 10.1 Å². The molecule has 0 unspecified atom stereocenters. The fourth-order valence-corrected chi connectivity index (χ4v) is 4.86. The van der Waals surface area contributed by atoms with Crippen molar-refractivity contribution in [3.05, 3.63) is 38.4 Å². The van der Waals surface area contributed by atoms with Crippen LogP contribution in [0.3, 0.4) is 0 Å². The number of nitrogens with zero attached hydrogens (tertiary/aromatic N) is 1. The van der Waals surface area contributed by atoms with Gasteiger partial charge in [-0.15, -0.1) is 22.7 Å². The molecule has 5 nitrogen and oxygen atoms in total. The number of aryl methyl sites for hydroxylation is 1. The van der Waals surface area contributed by atoms with E-state index in [4.69, 9.17) is 10.00 Å². The molecule has 0 saturated carbocycles. The Morgan fingerprint density at radius 1 is 1.50 bits per heavy atom. The third-order valence-corrected chi connectivity index (χ3v) is 6.69. The number of carbonyl (C=O) groups excluding carboxylic acids is 2. The number of amides is 1. The van der Waals surface area contributed by atoms with Crippen LogP contribution in [-0.2, 0) is 22.4 Å². The van der Waals surface area contributed by atoms with E-state index in [1.807, 2.05) is 12.1 Å². The smallest absolute Gasteiger partial charge is 0.349 e. The Bertz CT molecular complexity index is 863. The normalized spacial score (nSPS) is 17.0. The number of thiophene rings is 2. The second kappa shape index (κ2) is 8.02. The van der Waals surface area contributed by atoms with Crippen molar-refractivity contribution in [3.63, 3.8) is 0 Å². The van der Waals surface area contributed by atoms with E-state index in [2.05, 4.69) is 12.2 Å². The summed E-state index contributed by atoms with van der Waals surface area (Å²) in [5.74, 6) is -0.220. The highest BCUT2D eigenvalue weighted by Crippen LogP contribution is 2.34. The molecular weight excluding hydrogens is 368 g/mol. The quantitative estimate of drug-likeness (QED) is 0.771. The number of hydrogen-bond acceptors (Lipinski definition) is 6. The van der Waals surface area contributed by atoms with Gasteiger partial charge in [0.25, 0.3) is 5.91 Å². The molecule has 0 aromatic carbocycles. The van der Waals surface area contributed by atoms with Crippen LogP contribution >= 0.6 is 22.7 Å². The van der Waals surface area contributed by atoms with Gasteiger partial charge in [0.2, 0.25) is 0 Å². The van der Waals surface area contributed by atoms with Crippen molar-refractivity contribution >= 4 is 39.6 Å². The molecule has 26 heavy (non-hydrogen) atoms. The number of fused-ring (bicyclic) bond motifs is 1. The van der Waals surface area contributed by atoms with E-state index in [1.54, 1.807) is 11.4 Å². The molecular formula is C19H20N2O3S2. The van der Waals surface area contributed by atoms with Crippen LogP contribution in [0.4, 0.5) is 5.00 Å². The van der Waals surface area contributed by atoms with Crippen LogP contribution in [0.25, 0.3) is 0 Å². The van der Waals surface area contributed by atoms with Gasteiger partial charge in [-0.1, -0.05) is 13.3 Å². The van der Waals surface area contributed by atoms with Gasteiger partial charge in [0.1, 0.15) is 15.9 Å². The molecule has 1 N–H and O–H groups in total. The number of nitrogens with one attached hydrogen (secondary N) is 1. The van der Waals surface area contributed by atoms with Gasteiger partial charge in [-0.25, -0.2) is 4.79 Å². The van der Waals surface area contributed by atoms with Crippen LogP contribution in [0.2, 0.25) is 0 Å². The lowest BCUT2D eigenvalue weighted by molar-refractivity contribution is -0.123. The van der Waals surface area contributed by atoms with Gasteiger partial charge in [-0.2, -0.15) is 5.26 Å². The van der Waals surface area contributed by atoms with E-state index in [9.17, 15) is 9.59 Å². The first kappa shape index (κ1) is 18.6. The van der Waals surface area contributed by atoms with E-state index < -0.39 is 18.0 Å². The highest BCUT2D eigenvalue weighted by atomic mass is 32.1. The average Bonchev–Trinajstić information content (AvgIpc) is 3.26. The summed E-state index contributed by atoms with van der Waals surface area (Å²) in [4.78, 5) is 26.5. The van der Waals surface area contributed by atoms with E-state index in [-0.39, 0.29) is 0 Å². The Balaban J connectivity index is 1.62. The lowest BCUT2D eigenvalue weighted by Gasteiger charge is -2.19. The van der Waals surface area contributed by atoms with Gasteiger partial charge in [0, 0.05) is 4.88 Å². The molecule has 0 aliphatic heterocycles. The van der Waals surface area contributed by atoms with Gasteiger partial charge in [-0.05, 0) is 55.2 Å². The maximum atomic E-state index is 12.4. The van der Waals surface area contributed by atoms with E-state index >= 15 is 0 Å². The maximum absolute atomic E-state index is 12.4. The predicted molar refractivity (Wildman–Crippen MR) is 103 cm³/mol. The largest absolute Gasteiger partial charge is 0.448 e. The van der Waals surface area contributed by atoms with Crippen molar-refractivity contribution in [3.8, 4) is 6.07 Å². The molecule has 7 heteroatoms. The number of rotatable bonds is 5. The van der Waals surface area contributed by atoms with Crippen molar-refractivity contribution in [2.45, 2.75) is 45.6 Å². The molecule has 3 rings (SSSR count). The van der Waals surface area contributed by atoms with E-state index in [0.717, 1.165) is 19.3 Å². The summed E-state index contributed by atoms with van der Waals surface area (Å²) in [5.41, 5.74) is 1.65. The van der Waals surface area contributed by atoms with Crippen molar-refractivity contribution in [2.75, 3.05) is 5.32 Å². The first-order chi connectivity index (χ1) is 12.5. The summed E-state index contributed by atoms with van der Waals surface area (Å²) in [6, 6.07) is 5.57. The molecule has 1 aliphatic rings. The van der Waals surface area contributed by atoms with Gasteiger partial charge in [-0.3, -0.25) is 4.79 Å². The Hall–Kier alpha value is -2.17. The molecule has 0 radical (unpaired) electrons. The molecule has 1 amide bonds. The molecule has 0 bridgehead atoms. The summed E-state index contributed by atoms with van der Waals surface area (Å²) in [7, 11) is 0. The van der Waals surface area contributed by atoms with Crippen molar-refractivity contribution < 1.29 is 14.3 Å². The van der Waals surface area contributed by atoms with Crippen LogP contribution in [0.5, 0.6) is 0 Å². The van der Waals surface area contributed by atoms with Crippen LogP contribution < -0.4 is 5.32 Å².